The summed E-state index contributed by atoms with van der Waals surface area (Å²) in [7, 11) is 0. The van der Waals surface area contributed by atoms with E-state index >= 15 is 0 Å². The van der Waals surface area contributed by atoms with Crippen LogP contribution in [0.4, 0.5) is 0 Å². The standard InChI is InChI=1S/C13H25NO3/c1-9(2)7-8-11(15)14-10(3)12(16)17-13(4,5)6/h9-10H,7-8H2,1-6H3,(H,14,15)/t10-/m1/s1. The molecular weight excluding hydrogens is 218 g/mol. The van der Waals surface area contributed by atoms with Crippen LogP contribution in [0.2, 0.25) is 0 Å². The highest BCUT2D eigenvalue weighted by Gasteiger charge is 2.22. The molecule has 0 aromatic heterocycles. The number of esters is 1. The van der Waals surface area contributed by atoms with Crippen molar-refractivity contribution in [1.82, 2.24) is 5.32 Å². The lowest BCUT2D eigenvalue weighted by Crippen LogP contribution is -2.42. The molecule has 4 heteroatoms. The summed E-state index contributed by atoms with van der Waals surface area (Å²) < 4.78 is 5.17. The molecule has 0 radical (unpaired) electrons. The number of ether oxygens (including phenoxy) is 1. The largest absolute Gasteiger partial charge is 0.458 e. The topological polar surface area (TPSA) is 55.4 Å². The van der Waals surface area contributed by atoms with Gasteiger partial charge in [-0.25, -0.2) is 4.79 Å². The number of carbonyl (C=O) groups is 2. The van der Waals surface area contributed by atoms with Crippen LogP contribution in [0.25, 0.3) is 0 Å². The van der Waals surface area contributed by atoms with E-state index in [0.29, 0.717) is 12.3 Å². The van der Waals surface area contributed by atoms with Crippen molar-refractivity contribution in [1.29, 1.82) is 0 Å². The fraction of sp³-hybridized carbons (Fsp3) is 0.846. The number of rotatable bonds is 5. The summed E-state index contributed by atoms with van der Waals surface area (Å²) in [4.78, 5) is 23.1. The first-order valence-corrected chi connectivity index (χ1v) is 6.14. The van der Waals surface area contributed by atoms with Crippen molar-refractivity contribution in [3.05, 3.63) is 0 Å². The summed E-state index contributed by atoms with van der Waals surface area (Å²) >= 11 is 0. The van der Waals surface area contributed by atoms with Crippen LogP contribution in [0.1, 0.15) is 54.4 Å². The van der Waals surface area contributed by atoms with E-state index in [1.807, 2.05) is 0 Å². The van der Waals surface area contributed by atoms with E-state index in [2.05, 4.69) is 19.2 Å². The van der Waals surface area contributed by atoms with E-state index in [1.54, 1.807) is 27.7 Å². The van der Waals surface area contributed by atoms with Crippen LogP contribution in [0, 0.1) is 5.92 Å². The zero-order chi connectivity index (χ0) is 13.6. The average Bonchev–Trinajstić information content (AvgIpc) is 2.11. The van der Waals surface area contributed by atoms with Gasteiger partial charge in [0.25, 0.3) is 0 Å². The van der Waals surface area contributed by atoms with Crippen LogP contribution in [0.5, 0.6) is 0 Å². The SMILES string of the molecule is CC(C)CCC(=O)N[C@H](C)C(=O)OC(C)(C)C. The van der Waals surface area contributed by atoms with Crippen molar-refractivity contribution < 1.29 is 14.3 Å². The first-order chi connectivity index (χ1) is 7.61. The highest BCUT2D eigenvalue weighted by molar-refractivity contribution is 5.84. The van der Waals surface area contributed by atoms with Gasteiger partial charge in [0, 0.05) is 6.42 Å². The maximum absolute atomic E-state index is 11.6. The third-order valence-electron chi connectivity index (χ3n) is 2.09. The second-order valence-corrected chi connectivity index (χ2v) is 5.76. The molecule has 0 aliphatic heterocycles. The van der Waals surface area contributed by atoms with Crippen LogP contribution < -0.4 is 5.32 Å². The Morgan fingerprint density at radius 1 is 1.18 bits per heavy atom. The lowest BCUT2D eigenvalue weighted by molar-refractivity contribution is -0.158. The van der Waals surface area contributed by atoms with Gasteiger partial charge in [0.15, 0.2) is 0 Å². The Bertz CT molecular complexity index is 266. The van der Waals surface area contributed by atoms with E-state index < -0.39 is 17.6 Å². The van der Waals surface area contributed by atoms with E-state index in [4.69, 9.17) is 4.74 Å². The smallest absolute Gasteiger partial charge is 0.328 e. The molecule has 0 saturated heterocycles. The molecule has 4 nitrogen and oxygen atoms in total. The second-order valence-electron chi connectivity index (χ2n) is 5.76. The van der Waals surface area contributed by atoms with Gasteiger partial charge >= 0.3 is 5.97 Å². The van der Waals surface area contributed by atoms with Gasteiger partial charge in [-0.2, -0.15) is 0 Å². The predicted molar refractivity (Wildman–Crippen MR) is 67.5 cm³/mol. The van der Waals surface area contributed by atoms with Crippen molar-refractivity contribution in [2.24, 2.45) is 5.92 Å². The lowest BCUT2D eigenvalue weighted by Gasteiger charge is -2.22. The molecule has 0 heterocycles. The van der Waals surface area contributed by atoms with E-state index in [0.717, 1.165) is 6.42 Å². The van der Waals surface area contributed by atoms with Gasteiger partial charge in [-0.15, -0.1) is 0 Å². The molecule has 100 valence electrons. The average molecular weight is 243 g/mol. The summed E-state index contributed by atoms with van der Waals surface area (Å²) in [6.07, 6.45) is 1.28. The van der Waals surface area contributed by atoms with Crippen LogP contribution in [-0.2, 0) is 14.3 Å². The molecule has 0 fully saturated rings. The van der Waals surface area contributed by atoms with E-state index in [-0.39, 0.29) is 5.91 Å². The normalized spacial score (nSPS) is 13.4. The third-order valence-corrected chi connectivity index (χ3v) is 2.09. The highest BCUT2D eigenvalue weighted by Crippen LogP contribution is 2.08. The summed E-state index contributed by atoms with van der Waals surface area (Å²) in [5.74, 6) is -0.00922. The van der Waals surface area contributed by atoms with Crippen molar-refractivity contribution in [3.8, 4) is 0 Å². The van der Waals surface area contributed by atoms with Crippen molar-refractivity contribution in [3.63, 3.8) is 0 Å². The minimum Gasteiger partial charge on any atom is -0.458 e. The number of nitrogens with one attached hydrogen (secondary N) is 1. The summed E-state index contributed by atoms with van der Waals surface area (Å²) in [6.45, 7) is 11.2. The third kappa shape index (κ3) is 8.72. The Balaban J connectivity index is 4.04. The Morgan fingerprint density at radius 2 is 1.71 bits per heavy atom. The maximum Gasteiger partial charge on any atom is 0.328 e. The molecule has 0 bridgehead atoms. The molecule has 0 unspecified atom stereocenters. The molecule has 1 N–H and O–H groups in total. The molecule has 0 saturated carbocycles. The van der Waals surface area contributed by atoms with Gasteiger partial charge in [0.1, 0.15) is 11.6 Å². The molecule has 0 aliphatic carbocycles. The van der Waals surface area contributed by atoms with Crippen molar-refractivity contribution in [2.75, 3.05) is 0 Å². The van der Waals surface area contributed by atoms with Crippen molar-refractivity contribution >= 4 is 11.9 Å². The molecule has 0 spiro atoms. The van der Waals surface area contributed by atoms with Crippen LogP contribution in [-0.4, -0.2) is 23.5 Å². The molecule has 0 rings (SSSR count). The van der Waals surface area contributed by atoms with E-state index in [9.17, 15) is 9.59 Å². The highest BCUT2D eigenvalue weighted by atomic mass is 16.6. The van der Waals surface area contributed by atoms with Gasteiger partial charge in [-0.3, -0.25) is 4.79 Å². The number of hydrogen-bond acceptors (Lipinski definition) is 3. The second kappa shape index (κ2) is 6.62. The minimum atomic E-state index is -0.589. The molecular formula is C13H25NO3. The maximum atomic E-state index is 11.6. The molecule has 0 aromatic carbocycles. The monoisotopic (exact) mass is 243 g/mol. The first kappa shape index (κ1) is 15.9. The van der Waals surface area contributed by atoms with Crippen molar-refractivity contribution in [2.45, 2.75) is 66.0 Å². The number of amides is 1. The Hall–Kier alpha value is -1.06. The van der Waals surface area contributed by atoms with E-state index in [1.165, 1.54) is 0 Å². The number of hydrogen-bond donors (Lipinski definition) is 1. The first-order valence-electron chi connectivity index (χ1n) is 6.14. The molecule has 0 aromatic rings. The Kier molecular flexibility index (Phi) is 6.21. The zero-order valence-electron chi connectivity index (χ0n) is 11.8. The minimum absolute atomic E-state index is 0.0999. The summed E-state index contributed by atoms with van der Waals surface area (Å²) in [5.41, 5.74) is -0.520. The van der Waals surface area contributed by atoms with Gasteiger partial charge < -0.3 is 10.1 Å². The van der Waals surface area contributed by atoms with Crippen LogP contribution in [0.15, 0.2) is 0 Å². The molecule has 0 aliphatic rings. The molecule has 1 amide bonds. The summed E-state index contributed by atoms with van der Waals surface area (Å²) in [5, 5.41) is 2.64. The van der Waals surface area contributed by atoms with Crippen LogP contribution in [0.3, 0.4) is 0 Å². The fourth-order valence-corrected chi connectivity index (χ4v) is 1.18. The lowest BCUT2D eigenvalue weighted by atomic mass is 10.1. The molecule has 1 atom stereocenters. The zero-order valence-corrected chi connectivity index (χ0v) is 11.8. The number of carbonyl (C=O) groups excluding carboxylic acids is 2. The quantitative estimate of drug-likeness (QED) is 0.754. The van der Waals surface area contributed by atoms with Gasteiger partial charge in [-0.1, -0.05) is 13.8 Å². The molecule has 17 heavy (non-hydrogen) atoms. The fourth-order valence-electron chi connectivity index (χ4n) is 1.18. The summed E-state index contributed by atoms with van der Waals surface area (Å²) in [6, 6.07) is -0.589. The van der Waals surface area contributed by atoms with Gasteiger partial charge in [-0.05, 0) is 40.0 Å². The van der Waals surface area contributed by atoms with Gasteiger partial charge in [0.2, 0.25) is 5.91 Å². The van der Waals surface area contributed by atoms with Crippen LogP contribution >= 0.6 is 0 Å². The predicted octanol–water partition coefficient (Wildman–Crippen LogP) is 2.27. The van der Waals surface area contributed by atoms with Gasteiger partial charge in [0.05, 0.1) is 0 Å². The Morgan fingerprint density at radius 3 is 2.12 bits per heavy atom. The Labute approximate surface area is 104 Å².